The normalized spacial score (nSPS) is 9.13. The Morgan fingerprint density at radius 1 is 1.13 bits per heavy atom. The summed E-state index contributed by atoms with van der Waals surface area (Å²) >= 11 is 0. The topological polar surface area (TPSA) is 101 Å². The van der Waals surface area contributed by atoms with Crippen molar-refractivity contribution in [3.63, 3.8) is 0 Å². The van der Waals surface area contributed by atoms with Crippen LogP contribution in [0.5, 0.6) is 0 Å². The van der Waals surface area contributed by atoms with E-state index in [1.807, 2.05) is 0 Å². The van der Waals surface area contributed by atoms with E-state index < -0.39 is 11.9 Å². The van der Waals surface area contributed by atoms with Crippen molar-refractivity contribution in [1.82, 2.24) is 0 Å². The predicted octanol–water partition coefficient (Wildman–Crippen LogP) is 0.325. The van der Waals surface area contributed by atoms with Crippen molar-refractivity contribution in [1.29, 1.82) is 0 Å². The summed E-state index contributed by atoms with van der Waals surface area (Å²) in [6.07, 6.45) is 0. The molecule has 1 aromatic carbocycles. The molecule has 0 atom stereocenters. The molecule has 0 bridgehead atoms. The van der Waals surface area contributed by atoms with Crippen LogP contribution in [0.3, 0.4) is 0 Å². The Hall–Kier alpha value is -1.04. The molecule has 6 heteroatoms. The van der Waals surface area contributed by atoms with Crippen molar-refractivity contribution >= 4 is 47.2 Å². The molecule has 4 N–H and O–H groups in total. The van der Waals surface area contributed by atoms with Crippen molar-refractivity contribution in [3.8, 4) is 0 Å². The molecule has 0 saturated heterocycles. The number of hydrogen-bond donors (Lipinski definition) is 3. The zero-order valence-corrected chi connectivity index (χ0v) is 7.44. The molecule has 0 spiro atoms. The molecule has 0 aliphatic rings. The minimum absolute atomic E-state index is 0. The number of nitrogens with two attached hydrogens (primary N) is 1. The fourth-order valence-electron chi connectivity index (χ4n) is 1.18. The Balaban J connectivity index is 0.00000196. The van der Waals surface area contributed by atoms with Gasteiger partial charge in [-0.05, 0) is 24.6 Å². The second-order valence-electron chi connectivity index (χ2n) is 2.85. The molecule has 76 valence electrons. The van der Waals surface area contributed by atoms with Gasteiger partial charge in [0.15, 0.2) is 0 Å². The van der Waals surface area contributed by atoms with Crippen LogP contribution >= 0.6 is 0 Å². The van der Waals surface area contributed by atoms with Gasteiger partial charge in [0.1, 0.15) is 0 Å². The second-order valence-corrected chi connectivity index (χ2v) is 2.85. The molecule has 0 aromatic heterocycles. The van der Waals surface area contributed by atoms with Gasteiger partial charge in [0.2, 0.25) is 0 Å². The SMILES string of the molecule is Cc1c(C(=O)O)cc(N)cc1C(=O)O.[NaH]. The fourth-order valence-corrected chi connectivity index (χ4v) is 1.18. The molecule has 0 unspecified atom stereocenters. The van der Waals surface area contributed by atoms with E-state index in [1.165, 1.54) is 19.1 Å². The van der Waals surface area contributed by atoms with Crippen LogP contribution in [0.25, 0.3) is 0 Å². The van der Waals surface area contributed by atoms with Gasteiger partial charge in [0.05, 0.1) is 11.1 Å². The Morgan fingerprint density at radius 3 is 1.73 bits per heavy atom. The minimum atomic E-state index is -1.18. The van der Waals surface area contributed by atoms with Crippen molar-refractivity contribution in [2.75, 3.05) is 5.73 Å². The Morgan fingerprint density at radius 2 is 1.47 bits per heavy atom. The molecular formula is C9H10NNaO4. The zero-order valence-electron chi connectivity index (χ0n) is 7.44. The fraction of sp³-hybridized carbons (Fsp3) is 0.111. The van der Waals surface area contributed by atoms with E-state index in [0.29, 0.717) is 0 Å². The maximum absolute atomic E-state index is 10.7. The molecule has 1 rings (SSSR count). The van der Waals surface area contributed by atoms with Gasteiger partial charge in [0, 0.05) is 5.69 Å². The molecule has 0 aliphatic carbocycles. The first-order valence-electron chi connectivity index (χ1n) is 3.80. The van der Waals surface area contributed by atoms with Crippen LogP contribution in [0, 0.1) is 6.92 Å². The molecule has 5 nitrogen and oxygen atoms in total. The first kappa shape index (κ1) is 14.0. The van der Waals surface area contributed by atoms with Gasteiger partial charge in [-0.1, -0.05) is 0 Å². The maximum atomic E-state index is 10.7. The van der Waals surface area contributed by atoms with Crippen molar-refractivity contribution < 1.29 is 19.8 Å². The Bertz CT molecular complexity index is 382. The number of rotatable bonds is 2. The standard InChI is InChI=1S/C9H9NO4.Na.H/c1-4-6(8(11)12)2-5(10)3-7(4)9(13)14;;/h2-3H,10H2,1H3,(H,11,12)(H,13,14);;. The van der Waals surface area contributed by atoms with Gasteiger partial charge in [0.25, 0.3) is 0 Å². The monoisotopic (exact) mass is 219 g/mol. The van der Waals surface area contributed by atoms with Crippen LogP contribution in [-0.4, -0.2) is 51.7 Å². The number of aromatic carboxylic acids is 2. The van der Waals surface area contributed by atoms with E-state index >= 15 is 0 Å². The van der Waals surface area contributed by atoms with E-state index in [4.69, 9.17) is 15.9 Å². The molecule has 0 heterocycles. The average Bonchev–Trinajstić information content (AvgIpc) is 2.07. The molecule has 0 radical (unpaired) electrons. The summed E-state index contributed by atoms with van der Waals surface area (Å²) in [7, 11) is 0. The summed E-state index contributed by atoms with van der Waals surface area (Å²) in [5.41, 5.74) is 5.55. The number of hydrogen-bond acceptors (Lipinski definition) is 3. The van der Waals surface area contributed by atoms with Gasteiger partial charge in [-0.2, -0.15) is 0 Å². The van der Waals surface area contributed by atoms with E-state index in [1.54, 1.807) is 0 Å². The first-order chi connectivity index (χ1) is 6.43. The summed E-state index contributed by atoms with van der Waals surface area (Å²) in [4.78, 5) is 21.4. The molecule has 0 fully saturated rings. The number of carboxylic acids is 2. The van der Waals surface area contributed by atoms with Gasteiger partial charge in [-0.3, -0.25) is 0 Å². The molecular weight excluding hydrogens is 209 g/mol. The molecule has 1 aromatic rings. The van der Waals surface area contributed by atoms with Crippen LogP contribution in [0.2, 0.25) is 0 Å². The van der Waals surface area contributed by atoms with E-state index in [-0.39, 0.29) is 51.9 Å². The van der Waals surface area contributed by atoms with Crippen LogP contribution < -0.4 is 5.73 Å². The third-order valence-corrected chi connectivity index (χ3v) is 1.89. The molecule has 0 aliphatic heterocycles. The third kappa shape index (κ3) is 2.95. The van der Waals surface area contributed by atoms with Crippen molar-refractivity contribution in [2.24, 2.45) is 0 Å². The van der Waals surface area contributed by atoms with Crippen LogP contribution in [0.4, 0.5) is 5.69 Å². The average molecular weight is 219 g/mol. The van der Waals surface area contributed by atoms with Crippen LogP contribution in [-0.2, 0) is 0 Å². The van der Waals surface area contributed by atoms with E-state index in [0.717, 1.165) is 0 Å². The number of anilines is 1. The number of nitrogen functional groups attached to an aromatic ring is 1. The molecule has 0 saturated carbocycles. The summed E-state index contributed by atoms with van der Waals surface area (Å²) in [5.74, 6) is -2.37. The summed E-state index contributed by atoms with van der Waals surface area (Å²) in [6.45, 7) is 1.44. The summed E-state index contributed by atoms with van der Waals surface area (Å²) < 4.78 is 0. The van der Waals surface area contributed by atoms with Gasteiger partial charge in [-0.15, -0.1) is 0 Å². The Kier molecular flexibility index (Phi) is 4.80. The predicted molar refractivity (Wildman–Crippen MR) is 56.7 cm³/mol. The first-order valence-corrected chi connectivity index (χ1v) is 3.80. The summed E-state index contributed by atoms with van der Waals surface area (Å²) in [6, 6.07) is 2.48. The number of carbonyl (C=O) groups is 2. The van der Waals surface area contributed by atoms with Gasteiger partial charge >= 0.3 is 41.5 Å². The van der Waals surface area contributed by atoms with Crippen LogP contribution in [0.15, 0.2) is 12.1 Å². The number of benzene rings is 1. The molecule has 0 amide bonds. The van der Waals surface area contributed by atoms with Crippen LogP contribution in [0.1, 0.15) is 26.3 Å². The second kappa shape index (κ2) is 5.16. The van der Waals surface area contributed by atoms with Gasteiger partial charge in [-0.25, -0.2) is 9.59 Å². The van der Waals surface area contributed by atoms with Crippen molar-refractivity contribution in [3.05, 3.63) is 28.8 Å². The summed E-state index contributed by atoms with van der Waals surface area (Å²) in [5, 5.41) is 17.5. The zero-order chi connectivity index (χ0) is 10.9. The molecule has 15 heavy (non-hydrogen) atoms. The van der Waals surface area contributed by atoms with Gasteiger partial charge < -0.3 is 15.9 Å². The third-order valence-electron chi connectivity index (χ3n) is 1.89. The van der Waals surface area contributed by atoms with E-state index in [9.17, 15) is 9.59 Å². The van der Waals surface area contributed by atoms with Crippen molar-refractivity contribution in [2.45, 2.75) is 6.92 Å². The number of carboxylic acid groups (broad SMARTS) is 2. The quantitative estimate of drug-likeness (QED) is 0.491. The Labute approximate surface area is 108 Å². The van der Waals surface area contributed by atoms with E-state index in [2.05, 4.69) is 0 Å².